The van der Waals surface area contributed by atoms with Gasteiger partial charge in [-0.15, -0.1) is 11.8 Å². The van der Waals surface area contributed by atoms with E-state index in [1.807, 2.05) is 36.1 Å². The Kier molecular flexibility index (Phi) is 4.66. The number of carbonyl (C=O) groups is 2. The molecule has 1 aromatic rings. The first-order valence-corrected chi connectivity index (χ1v) is 8.49. The molecule has 0 bridgehead atoms. The fraction of sp³-hybridized carbons (Fsp3) is 0.500. The van der Waals surface area contributed by atoms with Gasteiger partial charge in [0.15, 0.2) is 0 Å². The highest BCUT2D eigenvalue weighted by molar-refractivity contribution is 8.00. The van der Waals surface area contributed by atoms with Crippen LogP contribution in [0.3, 0.4) is 0 Å². The minimum Gasteiger partial charge on any atom is -0.497 e. The summed E-state index contributed by atoms with van der Waals surface area (Å²) in [5.41, 5.74) is 0. The molecule has 1 aromatic carbocycles. The quantitative estimate of drug-likeness (QED) is 0.785. The third-order valence-corrected chi connectivity index (χ3v) is 5.25. The molecule has 2 heterocycles. The van der Waals surface area contributed by atoms with Crippen LogP contribution in [-0.2, 0) is 9.53 Å². The highest BCUT2D eigenvalue weighted by atomic mass is 32.2. The number of carbonyl (C=O) groups excluding carboxylic acids is 2. The molecule has 0 aliphatic carbocycles. The first-order chi connectivity index (χ1) is 11.1. The molecule has 0 N–H and O–H groups in total. The molecule has 2 amide bonds. The van der Waals surface area contributed by atoms with Crippen LogP contribution in [0.15, 0.2) is 29.2 Å². The molecule has 7 heteroatoms. The van der Waals surface area contributed by atoms with Crippen LogP contribution >= 0.6 is 11.8 Å². The molecule has 124 valence electrons. The summed E-state index contributed by atoms with van der Waals surface area (Å²) >= 11 is 1.53. The summed E-state index contributed by atoms with van der Waals surface area (Å²) in [6.07, 6.45) is -0.261. The van der Waals surface area contributed by atoms with Gasteiger partial charge < -0.3 is 14.4 Å². The second-order valence-electron chi connectivity index (χ2n) is 5.64. The molecule has 0 radical (unpaired) electrons. The average Bonchev–Trinajstić information content (AvgIpc) is 2.95. The summed E-state index contributed by atoms with van der Waals surface area (Å²) in [5.74, 6) is 0.903. The lowest BCUT2D eigenvalue weighted by molar-refractivity contribution is -0.132. The number of hydrogen-bond acceptors (Lipinski definition) is 5. The van der Waals surface area contributed by atoms with E-state index in [0.29, 0.717) is 26.2 Å². The van der Waals surface area contributed by atoms with E-state index in [9.17, 15) is 9.59 Å². The number of cyclic esters (lactones) is 1. The van der Waals surface area contributed by atoms with E-state index in [-0.39, 0.29) is 23.3 Å². The van der Waals surface area contributed by atoms with Crippen LogP contribution in [0.4, 0.5) is 4.79 Å². The van der Waals surface area contributed by atoms with Crippen molar-refractivity contribution in [2.75, 3.05) is 33.4 Å². The van der Waals surface area contributed by atoms with E-state index >= 15 is 0 Å². The van der Waals surface area contributed by atoms with Gasteiger partial charge in [-0.25, -0.2) is 4.79 Å². The van der Waals surface area contributed by atoms with Crippen LogP contribution < -0.4 is 4.74 Å². The molecular weight excluding hydrogens is 316 g/mol. The number of rotatable bonds is 4. The normalized spacial score (nSPS) is 21.7. The molecule has 23 heavy (non-hydrogen) atoms. The maximum atomic E-state index is 12.6. The van der Waals surface area contributed by atoms with Crippen molar-refractivity contribution in [3.63, 3.8) is 0 Å². The van der Waals surface area contributed by atoms with Crippen molar-refractivity contribution in [1.82, 2.24) is 9.80 Å². The van der Waals surface area contributed by atoms with E-state index in [4.69, 9.17) is 9.47 Å². The van der Waals surface area contributed by atoms with E-state index in [0.717, 1.165) is 10.6 Å². The molecule has 6 nitrogen and oxygen atoms in total. The van der Waals surface area contributed by atoms with Gasteiger partial charge in [0.05, 0.1) is 18.4 Å². The summed E-state index contributed by atoms with van der Waals surface area (Å²) < 4.78 is 10.2. The summed E-state index contributed by atoms with van der Waals surface area (Å²) in [7, 11) is 1.63. The smallest absolute Gasteiger partial charge is 0.410 e. The summed E-state index contributed by atoms with van der Waals surface area (Å²) in [6.45, 7) is 3.97. The molecule has 0 saturated carbocycles. The zero-order valence-corrected chi connectivity index (χ0v) is 14.0. The average molecular weight is 336 g/mol. The maximum Gasteiger partial charge on any atom is 0.410 e. The minimum atomic E-state index is -0.261. The summed E-state index contributed by atoms with van der Waals surface area (Å²) in [6, 6.07) is 7.68. The third-order valence-electron chi connectivity index (χ3n) is 4.15. The Morgan fingerprint density at radius 2 is 2.09 bits per heavy atom. The lowest BCUT2D eigenvalue weighted by Crippen LogP contribution is -2.55. The number of ether oxygens (including phenoxy) is 2. The zero-order chi connectivity index (χ0) is 16.4. The van der Waals surface area contributed by atoms with Gasteiger partial charge >= 0.3 is 6.09 Å². The van der Waals surface area contributed by atoms with Gasteiger partial charge in [-0.2, -0.15) is 0 Å². The van der Waals surface area contributed by atoms with Gasteiger partial charge in [0.1, 0.15) is 12.4 Å². The summed E-state index contributed by atoms with van der Waals surface area (Å²) in [4.78, 5) is 28.7. The Labute approximate surface area is 139 Å². The van der Waals surface area contributed by atoms with Crippen molar-refractivity contribution < 1.29 is 19.1 Å². The van der Waals surface area contributed by atoms with E-state index < -0.39 is 0 Å². The van der Waals surface area contributed by atoms with Gasteiger partial charge in [-0.3, -0.25) is 9.69 Å². The highest BCUT2D eigenvalue weighted by Gasteiger charge is 2.39. The van der Waals surface area contributed by atoms with E-state index in [2.05, 4.69) is 0 Å². The van der Waals surface area contributed by atoms with Gasteiger partial charge in [-0.1, -0.05) is 0 Å². The van der Waals surface area contributed by atoms with Crippen LogP contribution in [0.1, 0.15) is 6.92 Å². The highest BCUT2D eigenvalue weighted by Crippen LogP contribution is 2.27. The fourth-order valence-corrected chi connectivity index (χ4v) is 3.81. The van der Waals surface area contributed by atoms with Crippen molar-refractivity contribution in [3.05, 3.63) is 24.3 Å². The Morgan fingerprint density at radius 1 is 1.35 bits per heavy atom. The van der Waals surface area contributed by atoms with E-state index in [1.54, 1.807) is 12.0 Å². The van der Waals surface area contributed by atoms with Crippen molar-refractivity contribution in [1.29, 1.82) is 0 Å². The van der Waals surface area contributed by atoms with Crippen molar-refractivity contribution >= 4 is 23.8 Å². The molecule has 3 rings (SSSR count). The third kappa shape index (κ3) is 3.39. The Bertz CT molecular complexity index is 592. The Morgan fingerprint density at radius 3 is 2.78 bits per heavy atom. The second-order valence-corrected chi connectivity index (χ2v) is 7.06. The number of benzene rings is 1. The second kappa shape index (κ2) is 6.70. The minimum absolute atomic E-state index is 0.00149. The Hall–Kier alpha value is -1.89. The number of amides is 2. The number of methoxy groups -OCH3 is 1. The SMILES string of the molecule is COc1ccc(SC(C)C(=O)N2CCN3C(=O)OCC3C2)cc1. The molecule has 0 aromatic heterocycles. The first-order valence-electron chi connectivity index (χ1n) is 7.61. The number of piperazine rings is 1. The largest absolute Gasteiger partial charge is 0.497 e. The topological polar surface area (TPSA) is 59.1 Å². The summed E-state index contributed by atoms with van der Waals surface area (Å²) in [5, 5.41) is -0.173. The predicted molar refractivity (Wildman–Crippen MR) is 86.7 cm³/mol. The van der Waals surface area contributed by atoms with Gasteiger partial charge in [0.2, 0.25) is 5.91 Å². The van der Waals surface area contributed by atoms with Crippen LogP contribution in [0.25, 0.3) is 0 Å². The van der Waals surface area contributed by atoms with Gasteiger partial charge in [0.25, 0.3) is 0 Å². The predicted octanol–water partition coefficient (Wildman–Crippen LogP) is 1.84. The monoisotopic (exact) mass is 336 g/mol. The van der Waals surface area contributed by atoms with Crippen LogP contribution in [-0.4, -0.2) is 66.4 Å². The lowest BCUT2D eigenvalue weighted by Gasteiger charge is -2.36. The van der Waals surface area contributed by atoms with Crippen LogP contribution in [0.5, 0.6) is 5.75 Å². The van der Waals surface area contributed by atoms with Crippen molar-refractivity contribution in [2.24, 2.45) is 0 Å². The van der Waals surface area contributed by atoms with Crippen LogP contribution in [0.2, 0.25) is 0 Å². The standard InChI is InChI=1S/C16H20N2O4S/c1-11(23-14-5-3-13(21-2)4-6-14)15(19)17-7-8-18-12(9-17)10-22-16(18)20/h3-6,11-12H,7-10H2,1-2H3. The molecule has 2 unspecified atom stereocenters. The van der Waals surface area contributed by atoms with Crippen molar-refractivity contribution in [3.8, 4) is 5.75 Å². The van der Waals surface area contributed by atoms with Gasteiger partial charge in [-0.05, 0) is 31.2 Å². The molecule has 2 saturated heterocycles. The van der Waals surface area contributed by atoms with E-state index in [1.165, 1.54) is 11.8 Å². The van der Waals surface area contributed by atoms with Crippen LogP contribution in [0, 0.1) is 0 Å². The number of fused-ring (bicyclic) bond motifs is 1. The molecule has 2 fully saturated rings. The molecule has 0 spiro atoms. The Balaban J connectivity index is 1.57. The first kappa shape index (κ1) is 16.0. The molecule has 2 aliphatic rings. The van der Waals surface area contributed by atoms with Crippen molar-refractivity contribution in [2.45, 2.75) is 23.1 Å². The molecule has 2 aliphatic heterocycles. The zero-order valence-electron chi connectivity index (χ0n) is 13.2. The number of thioether (sulfide) groups is 1. The lowest BCUT2D eigenvalue weighted by atomic mass is 10.2. The molecule has 2 atom stereocenters. The number of nitrogens with zero attached hydrogens (tertiary/aromatic N) is 2. The van der Waals surface area contributed by atoms with Gasteiger partial charge in [0, 0.05) is 24.5 Å². The number of hydrogen-bond donors (Lipinski definition) is 0. The fourth-order valence-electron chi connectivity index (χ4n) is 2.85. The maximum absolute atomic E-state index is 12.6. The molecular formula is C16H20N2O4S.